The molecular formula is C26H35N2O. The van der Waals surface area contributed by atoms with Gasteiger partial charge in [-0.3, -0.25) is 9.80 Å². The second-order valence-electron chi connectivity index (χ2n) is 8.55. The second kappa shape index (κ2) is 10.3. The van der Waals surface area contributed by atoms with Gasteiger partial charge in [0, 0.05) is 38.8 Å². The number of ether oxygens (including phenoxy) is 1. The Morgan fingerprint density at radius 2 is 1.55 bits per heavy atom. The molecule has 3 heteroatoms. The predicted octanol–water partition coefficient (Wildman–Crippen LogP) is 5.48. The molecule has 1 aliphatic carbocycles. The van der Waals surface area contributed by atoms with Crippen LogP contribution >= 0.6 is 0 Å². The SMILES string of the molecule is [CH2]CC(Oc1ccccc1)c1ccc(CN2CCN(C3CCCCC3)CC2)cc1. The van der Waals surface area contributed by atoms with Gasteiger partial charge in [-0.25, -0.2) is 0 Å². The van der Waals surface area contributed by atoms with Gasteiger partial charge in [0.1, 0.15) is 11.9 Å². The van der Waals surface area contributed by atoms with Gasteiger partial charge in [0.2, 0.25) is 0 Å². The summed E-state index contributed by atoms with van der Waals surface area (Å²) in [6.45, 7) is 9.98. The highest BCUT2D eigenvalue weighted by molar-refractivity contribution is 5.27. The van der Waals surface area contributed by atoms with Crippen molar-refractivity contribution in [1.82, 2.24) is 9.80 Å². The summed E-state index contributed by atoms with van der Waals surface area (Å²) in [6, 6.07) is 19.8. The molecule has 4 rings (SSSR count). The third-order valence-corrected chi connectivity index (χ3v) is 6.54. The highest BCUT2D eigenvalue weighted by Gasteiger charge is 2.25. The maximum Gasteiger partial charge on any atom is 0.124 e. The fourth-order valence-electron chi connectivity index (χ4n) is 4.79. The van der Waals surface area contributed by atoms with Crippen LogP contribution in [-0.2, 0) is 6.54 Å². The van der Waals surface area contributed by atoms with Crippen molar-refractivity contribution >= 4 is 0 Å². The number of rotatable bonds is 7. The van der Waals surface area contributed by atoms with E-state index in [1.807, 2.05) is 30.3 Å². The summed E-state index contributed by atoms with van der Waals surface area (Å²) in [5, 5.41) is 0. The Balaban J connectivity index is 1.28. The van der Waals surface area contributed by atoms with Crippen molar-refractivity contribution in [2.24, 2.45) is 0 Å². The van der Waals surface area contributed by atoms with Crippen molar-refractivity contribution in [3.63, 3.8) is 0 Å². The summed E-state index contributed by atoms with van der Waals surface area (Å²) in [5.74, 6) is 0.904. The highest BCUT2D eigenvalue weighted by atomic mass is 16.5. The average molecular weight is 392 g/mol. The highest BCUT2D eigenvalue weighted by Crippen LogP contribution is 2.26. The van der Waals surface area contributed by atoms with E-state index in [0.717, 1.165) is 24.8 Å². The molecule has 1 saturated heterocycles. The first-order valence-electron chi connectivity index (χ1n) is 11.4. The largest absolute Gasteiger partial charge is 0.486 e. The van der Waals surface area contributed by atoms with Crippen LogP contribution in [0.1, 0.15) is 55.8 Å². The Kier molecular flexibility index (Phi) is 7.23. The molecule has 1 unspecified atom stereocenters. The Morgan fingerprint density at radius 3 is 2.21 bits per heavy atom. The number of hydrogen-bond acceptors (Lipinski definition) is 3. The van der Waals surface area contributed by atoms with E-state index in [2.05, 4.69) is 41.0 Å². The van der Waals surface area contributed by atoms with E-state index in [1.54, 1.807) is 0 Å². The topological polar surface area (TPSA) is 15.7 Å². The molecule has 1 aliphatic heterocycles. The van der Waals surface area contributed by atoms with Crippen LogP contribution in [-0.4, -0.2) is 42.0 Å². The molecule has 1 heterocycles. The first-order valence-corrected chi connectivity index (χ1v) is 11.4. The molecule has 0 amide bonds. The number of para-hydroxylation sites is 1. The molecule has 0 N–H and O–H groups in total. The van der Waals surface area contributed by atoms with E-state index >= 15 is 0 Å². The molecule has 155 valence electrons. The maximum atomic E-state index is 6.13. The predicted molar refractivity (Wildman–Crippen MR) is 120 cm³/mol. The monoisotopic (exact) mass is 391 g/mol. The van der Waals surface area contributed by atoms with Crippen LogP contribution in [0.2, 0.25) is 0 Å². The molecular weight excluding hydrogens is 356 g/mol. The molecule has 2 aromatic rings. The Hall–Kier alpha value is -1.84. The van der Waals surface area contributed by atoms with Crippen molar-refractivity contribution in [1.29, 1.82) is 0 Å². The summed E-state index contributed by atoms with van der Waals surface area (Å²) in [4.78, 5) is 5.35. The summed E-state index contributed by atoms with van der Waals surface area (Å²) in [7, 11) is 0. The first kappa shape index (κ1) is 20.4. The molecule has 0 aromatic heterocycles. The van der Waals surface area contributed by atoms with E-state index in [9.17, 15) is 0 Å². The zero-order valence-electron chi connectivity index (χ0n) is 17.6. The van der Waals surface area contributed by atoms with Gasteiger partial charge in [-0.1, -0.05) is 61.7 Å². The van der Waals surface area contributed by atoms with Gasteiger partial charge in [0.05, 0.1) is 0 Å². The van der Waals surface area contributed by atoms with Crippen molar-refractivity contribution in [3.8, 4) is 5.75 Å². The minimum Gasteiger partial charge on any atom is -0.486 e. The number of benzene rings is 2. The van der Waals surface area contributed by atoms with Crippen molar-refractivity contribution in [3.05, 3.63) is 72.6 Å². The lowest BCUT2D eigenvalue weighted by molar-refractivity contribution is 0.0755. The molecule has 2 aliphatic rings. The van der Waals surface area contributed by atoms with E-state index in [0.29, 0.717) is 0 Å². The van der Waals surface area contributed by atoms with E-state index < -0.39 is 0 Å². The lowest BCUT2D eigenvalue weighted by Crippen LogP contribution is -2.50. The van der Waals surface area contributed by atoms with Crippen molar-refractivity contribution in [2.45, 2.75) is 57.2 Å². The number of nitrogens with zero attached hydrogens (tertiary/aromatic N) is 2. The lowest BCUT2D eigenvalue weighted by Gasteiger charge is -2.40. The van der Waals surface area contributed by atoms with E-state index in [4.69, 9.17) is 4.74 Å². The molecule has 3 nitrogen and oxygen atoms in total. The lowest BCUT2D eigenvalue weighted by atomic mass is 9.94. The fourth-order valence-corrected chi connectivity index (χ4v) is 4.79. The van der Waals surface area contributed by atoms with Gasteiger partial charge in [0.15, 0.2) is 0 Å². The third kappa shape index (κ3) is 5.61. The molecule has 1 atom stereocenters. The molecule has 1 saturated carbocycles. The zero-order chi connectivity index (χ0) is 19.9. The molecule has 29 heavy (non-hydrogen) atoms. The van der Waals surface area contributed by atoms with Crippen LogP contribution in [0, 0.1) is 6.92 Å². The van der Waals surface area contributed by atoms with Crippen LogP contribution in [0.15, 0.2) is 54.6 Å². The van der Waals surface area contributed by atoms with E-state index in [1.165, 1.54) is 69.4 Å². The quantitative estimate of drug-likeness (QED) is 0.621. The maximum absolute atomic E-state index is 6.13. The Morgan fingerprint density at radius 1 is 0.862 bits per heavy atom. The van der Waals surface area contributed by atoms with Crippen molar-refractivity contribution in [2.75, 3.05) is 26.2 Å². The zero-order valence-corrected chi connectivity index (χ0v) is 17.6. The number of piperazine rings is 1. The van der Waals surface area contributed by atoms with Gasteiger partial charge in [-0.2, -0.15) is 0 Å². The molecule has 2 fully saturated rings. The third-order valence-electron chi connectivity index (χ3n) is 6.54. The second-order valence-corrected chi connectivity index (χ2v) is 8.55. The van der Waals surface area contributed by atoms with Gasteiger partial charge in [0.25, 0.3) is 0 Å². The fraction of sp³-hybridized carbons (Fsp3) is 0.500. The summed E-state index contributed by atoms with van der Waals surface area (Å²) >= 11 is 0. The molecule has 0 bridgehead atoms. The van der Waals surface area contributed by atoms with E-state index in [-0.39, 0.29) is 6.10 Å². The summed E-state index contributed by atoms with van der Waals surface area (Å²) in [6.07, 6.45) is 7.86. The Labute approximate surface area is 176 Å². The van der Waals surface area contributed by atoms with Gasteiger partial charge in [-0.05, 0) is 49.4 Å². The van der Waals surface area contributed by atoms with Gasteiger partial charge in [-0.15, -0.1) is 0 Å². The van der Waals surface area contributed by atoms with Crippen LogP contribution in [0.3, 0.4) is 0 Å². The number of hydrogen-bond donors (Lipinski definition) is 0. The van der Waals surface area contributed by atoms with Crippen LogP contribution in [0.5, 0.6) is 5.75 Å². The summed E-state index contributed by atoms with van der Waals surface area (Å²) in [5.41, 5.74) is 2.59. The minimum atomic E-state index is 0.00508. The normalized spacial score (nSPS) is 20.4. The first-order chi connectivity index (χ1) is 14.3. The van der Waals surface area contributed by atoms with Gasteiger partial charge >= 0.3 is 0 Å². The Bertz CT molecular complexity index is 716. The summed E-state index contributed by atoms with van der Waals surface area (Å²) < 4.78 is 6.13. The van der Waals surface area contributed by atoms with Crippen LogP contribution in [0.4, 0.5) is 0 Å². The van der Waals surface area contributed by atoms with Crippen LogP contribution in [0.25, 0.3) is 0 Å². The average Bonchev–Trinajstić information content (AvgIpc) is 2.80. The van der Waals surface area contributed by atoms with Crippen molar-refractivity contribution < 1.29 is 4.74 Å². The van der Waals surface area contributed by atoms with Gasteiger partial charge < -0.3 is 4.74 Å². The molecule has 1 radical (unpaired) electrons. The smallest absolute Gasteiger partial charge is 0.124 e. The molecule has 2 aromatic carbocycles. The minimum absolute atomic E-state index is 0.00508. The molecule has 0 spiro atoms. The van der Waals surface area contributed by atoms with Crippen LogP contribution < -0.4 is 4.74 Å². The standard InChI is InChI=1S/C26H35N2O/c1-2-26(29-25-11-7-4-8-12-25)23-15-13-22(14-16-23)21-27-17-19-28(20-18-27)24-9-5-3-6-10-24/h4,7-8,11-16,24,26H,1-3,5-6,9-10,17-21H2.